The minimum absolute atomic E-state index is 0.0625. The summed E-state index contributed by atoms with van der Waals surface area (Å²) in [6.45, 7) is 1.17. The molecule has 0 spiro atoms. The molecule has 0 radical (unpaired) electrons. The van der Waals surface area contributed by atoms with Crippen LogP contribution in [0.1, 0.15) is 5.56 Å². The topological polar surface area (TPSA) is 148 Å². The highest BCUT2D eigenvalue weighted by Crippen LogP contribution is 2.43. The number of methoxy groups -OCH3 is 2. The van der Waals surface area contributed by atoms with Crippen LogP contribution in [0.5, 0.6) is 17.2 Å². The third-order valence-electron chi connectivity index (χ3n) is 5.61. The third-order valence-corrected chi connectivity index (χ3v) is 5.61. The van der Waals surface area contributed by atoms with Gasteiger partial charge in [0.15, 0.2) is 11.3 Å². The van der Waals surface area contributed by atoms with E-state index in [-0.39, 0.29) is 17.1 Å². The Morgan fingerprint density at radius 2 is 1.75 bits per heavy atom. The first-order valence-electron chi connectivity index (χ1n) is 9.90. The van der Waals surface area contributed by atoms with E-state index >= 15 is 0 Å². The molecule has 0 saturated carbocycles. The summed E-state index contributed by atoms with van der Waals surface area (Å²) in [5, 5.41) is 41.2. The van der Waals surface area contributed by atoms with Crippen LogP contribution in [0, 0.1) is 6.92 Å². The zero-order valence-corrected chi connectivity index (χ0v) is 17.6. The predicted octanol–water partition coefficient (Wildman–Crippen LogP) is 0.451. The zero-order valence-electron chi connectivity index (χ0n) is 17.6. The fraction of sp³-hybridized carbons (Fsp3) is 0.409. The van der Waals surface area contributed by atoms with Crippen LogP contribution in [0.15, 0.2) is 33.5 Å². The molecular weight excluding hydrogens is 424 g/mol. The Kier molecular flexibility index (Phi) is 5.97. The number of benzene rings is 2. The monoisotopic (exact) mass is 448 g/mol. The van der Waals surface area contributed by atoms with Crippen molar-refractivity contribution in [1.82, 2.24) is 0 Å². The molecule has 1 aliphatic rings. The molecule has 0 bridgehead atoms. The lowest BCUT2D eigenvalue weighted by Crippen LogP contribution is -2.60. The van der Waals surface area contributed by atoms with Gasteiger partial charge in [0.2, 0.25) is 12.0 Å². The second kappa shape index (κ2) is 8.57. The molecule has 0 aliphatic carbocycles. The van der Waals surface area contributed by atoms with Crippen molar-refractivity contribution >= 4 is 21.7 Å². The first-order valence-corrected chi connectivity index (χ1v) is 9.90. The van der Waals surface area contributed by atoms with Crippen molar-refractivity contribution in [2.24, 2.45) is 0 Å². The number of aryl methyl sites for hydroxylation is 1. The molecule has 0 unspecified atom stereocenters. The first-order chi connectivity index (χ1) is 15.3. The van der Waals surface area contributed by atoms with E-state index in [4.69, 9.17) is 23.4 Å². The molecule has 5 atom stereocenters. The maximum atomic E-state index is 12.7. The molecular formula is C22H24O10. The average Bonchev–Trinajstić information content (AvgIpc) is 2.79. The van der Waals surface area contributed by atoms with Gasteiger partial charge in [0.25, 0.3) is 0 Å². The Morgan fingerprint density at radius 3 is 2.41 bits per heavy atom. The second-order valence-corrected chi connectivity index (χ2v) is 7.52. The molecule has 3 aromatic rings. The normalized spacial score (nSPS) is 25.8. The Bertz CT molecular complexity index is 1200. The van der Waals surface area contributed by atoms with Crippen LogP contribution in [0.4, 0.5) is 0 Å². The number of rotatable bonds is 5. The van der Waals surface area contributed by atoms with Gasteiger partial charge in [0.1, 0.15) is 30.2 Å². The lowest BCUT2D eigenvalue weighted by atomic mass is 9.99. The molecule has 4 N–H and O–H groups in total. The molecule has 10 nitrogen and oxygen atoms in total. The van der Waals surface area contributed by atoms with Crippen LogP contribution < -0.4 is 19.8 Å². The largest absolute Gasteiger partial charge is 0.496 e. The maximum Gasteiger partial charge on any atom is 0.344 e. The van der Waals surface area contributed by atoms with E-state index in [1.54, 1.807) is 31.2 Å². The van der Waals surface area contributed by atoms with Crippen molar-refractivity contribution in [3.8, 4) is 17.2 Å². The van der Waals surface area contributed by atoms with Gasteiger partial charge in [0.05, 0.1) is 26.2 Å². The van der Waals surface area contributed by atoms with Crippen LogP contribution in [0.2, 0.25) is 0 Å². The van der Waals surface area contributed by atoms with Crippen molar-refractivity contribution in [2.45, 2.75) is 37.6 Å². The summed E-state index contributed by atoms with van der Waals surface area (Å²) in [4.78, 5) is 12.7. The van der Waals surface area contributed by atoms with E-state index in [9.17, 15) is 25.2 Å². The molecule has 1 aliphatic heterocycles. The third kappa shape index (κ3) is 3.46. The molecule has 4 rings (SSSR count). The molecule has 1 aromatic heterocycles. The Balaban J connectivity index is 1.89. The summed E-state index contributed by atoms with van der Waals surface area (Å²) in [5.41, 5.74) is 0.154. The van der Waals surface area contributed by atoms with Crippen molar-refractivity contribution in [3.05, 3.63) is 40.2 Å². The van der Waals surface area contributed by atoms with Gasteiger partial charge in [-0.1, -0.05) is 6.07 Å². The molecule has 0 amide bonds. The van der Waals surface area contributed by atoms with Crippen molar-refractivity contribution in [3.63, 3.8) is 0 Å². The van der Waals surface area contributed by atoms with Gasteiger partial charge < -0.3 is 43.8 Å². The lowest BCUT2D eigenvalue weighted by molar-refractivity contribution is -0.277. The van der Waals surface area contributed by atoms with E-state index < -0.39 is 42.9 Å². The summed E-state index contributed by atoms with van der Waals surface area (Å²) in [6.07, 6.45) is -7.32. The van der Waals surface area contributed by atoms with Gasteiger partial charge in [-0.3, -0.25) is 0 Å². The quantitative estimate of drug-likeness (QED) is 0.320. The summed E-state index contributed by atoms with van der Waals surface area (Å²) in [7, 11) is 2.86. The lowest BCUT2D eigenvalue weighted by Gasteiger charge is -2.39. The molecule has 1 fully saturated rings. The fourth-order valence-corrected chi connectivity index (χ4v) is 3.99. The Labute approximate surface area is 182 Å². The van der Waals surface area contributed by atoms with Crippen LogP contribution in [0.3, 0.4) is 0 Å². The minimum Gasteiger partial charge on any atom is -0.496 e. The van der Waals surface area contributed by atoms with Gasteiger partial charge in [-0.05, 0) is 30.7 Å². The SMILES string of the molecule is COc1c(O[C@@H]2O[C@H](CO)[C@@H](O)[C@H](O)[C@H]2O)cc(C)c2c1oc(=O)c1cccc(OC)c12. The molecule has 1 saturated heterocycles. The predicted molar refractivity (Wildman–Crippen MR) is 112 cm³/mol. The number of fused-ring (bicyclic) bond motifs is 3. The highest BCUT2D eigenvalue weighted by Gasteiger charge is 2.45. The summed E-state index contributed by atoms with van der Waals surface area (Å²) in [6, 6.07) is 6.65. The number of aliphatic hydroxyl groups excluding tert-OH is 4. The zero-order chi connectivity index (χ0) is 23.2. The molecule has 32 heavy (non-hydrogen) atoms. The molecule has 172 valence electrons. The average molecular weight is 448 g/mol. The van der Waals surface area contributed by atoms with E-state index in [0.29, 0.717) is 27.5 Å². The van der Waals surface area contributed by atoms with Crippen LogP contribution in [-0.2, 0) is 4.74 Å². The first kappa shape index (κ1) is 22.3. The Hall–Kier alpha value is -2.89. The summed E-state index contributed by atoms with van der Waals surface area (Å²) in [5.74, 6) is 0.611. The number of hydrogen-bond donors (Lipinski definition) is 4. The maximum absolute atomic E-state index is 12.7. The number of aliphatic hydroxyl groups is 4. The van der Waals surface area contributed by atoms with Gasteiger partial charge in [-0.25, -0.2) is 4.79 Å². The van der Waals surface area contributed by atoms with Crippen LogP contribution in [-0.4, -0.2) is 72.0 Å². The molecule has 2 heterocycles. The van der Waals surface area contributed by atoms with Crippen LogP contribution >= 0.6 is 0 Å². The number of ether oxygens (including phenoxy) is 4. The second-order valence-electron chi connectivity index (χ2n) is 7.52. The highest BCUT2D eigenvalue weighted by molar-refractivity contribution is 6.11. The van der Waals surface area contributed by atoms with Crippen molar-refractivity contribution in [2.75, 3.05) is 20.8 Å². The number of hydrogen-bond acceptors (Lipinski definition) is 10. The molecule has 2 aromatic carbocycles. The van der Waals surface area contributed by atoms with Crippen LogP contribution in [0.25, 0.3) is 21.7 Å². The highest BCUT2D eigenvalue weighted by atomic mass is 16.7. The summed E-state index contributed by atoms with van der Waals surface area (Å²) < 4.78 is 27.7. The molecule has 10 heteroatoms. The minimum atomic E-state index is -1.61. The Morgan fingerprint density at radius 1 is 1.00 bits per heavy atom. The van der Waals surface area contributed by atoms with Gasteiger partial charge in [-0.15, -0.1) is 0 Å². The van der Waals surface area contributed by atoms with E-state index in [0.717, 1.165) is 0 Å². The van der Waals surface area contributed by atoms with Gasteiger partial charge in [0, 0.05) is 10.8 Å². The van der Waals surface area contributed by atoms with E-state index in [2.05, 4.69) is 0 Å². The smallest absolute Gasteiger partial charge is 0.344 e. The van der Waals surface area contributed by atoms with E-state index in [1.165, 1.54) is 14.2 Å². The van der Waals surface area contributed by atoms with E-state index in [1.807, 2.05) is 0 Å². The van der Waals surface area contributed by atoms with Crippen molar-refractivity contribution in [1.29, 1.82) is 0 Å². The van der Waals surface area contributed by atoms with Gasteiger partial charge in [-0.2, -0.15) is 0 Å². The fourth-order valence-electron chi connectivity index (χ4n) is 3.99. The summed E-state index contributed by atoms with van der Waals surface area (Å²) >= 11 is 0. The standard InChI is InChI=1S/C22H24O10/c1-9-7-12(30-22-18(26)17(25)16(24)13(8-23)31-22)19(29-3)20-14(9)15-10(21(27)32-20)5-4-6-11(15)28-2/h4-7,13,16-18,22-26H,8H2,1-3H3/t13-,16-,17+,18-,22-/m1/s1. The van der Waals surface area contributed by atoms with Crippen molar-refractivity contribution < 1.29 is 43.8 Å². The van der Waals surface area contributed by atoms with Gasteiger partial charge >= 0.3 is 5.63 Å².